The predicted octanol–water partition coefficient (Wildman–Crippen LogP) is 4.55. The lowest BCUT2D eigenvalue weighted by Crippen LogP contribution is -2.35. The number of benzene rings is 2. The lowest BCUT2D eigenvalue weighted by atomic mass is 9.93. The van der Waals surface area contributed by atoms with Crippen molar-refractivity contribution >= 4 is 28.9 Å². The minimum absolute atomic E-state index is 0.0828. The summed E-state index contributed by atoms with van der Waals surface area (Å²) in [6.45, 7) is 0.994. The van der Waals surface area contributed by atoms with Crippen LogP contribution in [-0.4, -0.2) is 63.1 Å². The van der Waals surface area contributed by atoms with Gasteiger partial charge in [0.1, 0.15) is 17.7 Å². The number of imidazole rings is 1. The summed E-state index contributed by atoms with van der Waals surface area (Å²) in [7, 11) is 4.08. The molecule has 1 saturated heterocycles. The Labute approximate surface area is 219 Å². The van der Waals surface area contributed by atoms with Gasteiger partial charge in [0, 0.05) is 60.2 Å². The van der Waals surface area contributed by atoms with Gasteiger partial charge in [-0.15, -0.1) is 0 Å². The molecule has 6 rings (SSSR count). The molecule has 190 valence electrons. The minimum atomic E-state index is -1.05. The lowest BCUT2D eigenvalue weighted by Gasteiger charge is -2.30. The molecule has 2 aromatic heterocycles. The van der Waals surface area contributed by atoms with E-state index in [0.29, 0.717) is 42.5 Å². The van der Waals surface area contributed by atoms with Crippen molar-refractivity contribution in [3.63, 3.8) is 0 Å². The van der Waals surface area contributed by atoms with E-state index in [0.717, 1.165) is 46.3 Å². The molecule has 2 unspecified atom stereocenters. The summed E-state index contributed by atoms with van der Waals surface area (Å²) in [5.74, 6) is 1.38. The number of aliphatic hydroxyl groups is 1. The van der Waals surface area contributed by atoms with E-state index in [4.69, 9.17) is 21.3 Å². The maximum absolute atomic E-state index is 11.9. The van der Waals surface area contributed by atoms with Crippen molar-refractivity contribution in [1.29, 1.82) is 0 Å². The maximum Gasteiger partial charge on any atom is 0.160 e. The first-order valence-electron chi connectivity index (χ1n) is 12.4. The van der Waals surface area contributed by atoms with Crippen molar-refractivity contribution in [2.24, 2.45) is 0 Å². The van der Waals surface area contributed by atoms with Gasteiger partial charge < -0.3 is 14.4 Å². The van der Waals surface area contributed by atoms with Crippen LogP contribution in [0.3, 0.4) is 0 Å². The van der Waals surface area contributed by atoms with E-state index in [1.807, 2.05) is 38.4 Å². The molecule has 9 heteroatoms. The van der Waals surface area contributed by atoms with Crippen molar-refractivity contribution in [3.05, 3.63) is 76.6 Å². The Balaban J connectivity index is 1.45. The molecule has 1 N–H and O–H groups in total. The van der Waals surface area contributed by atoms with Gasteiger partial charge in [-0.1, -0.05) is 29.8 Å². The number of hydrogen-bond donors (Lipinski definition) is 1. The molecule has 0 radical (unpaired) electrons. The van der Waals surface area contributed by atoms with Crippen LogP contribution >= 0.6 is 11.6 Å². The second kappa shape index (κ2) is 9.29. The molecule has 4 heterocycles. The summed E-state index contributed by atoms with van der Waals surface area (Å²) in [4.78, 5) is 28.1. The molecule has 0 bridgehead atoms. The number of halogens is 1. The summed E-state index contributed by atoms with van der Waals surface area (Å²) in [5, 5.41) is 11.5. The Hall–Kier alpha value is -3.17. The quantitative estimate of drug-likeness (QED) is 0.388. The molecule has 0 saturated carbocycles. The average molecular weight is 518 g/mol. The van der Waals surface area contributed by atoms with Gasteiger partial charge in [-0.25, -0.2) is 15.0 Å². The number of carbonyl (C=O) groups excluding carboxylic acids is 1. The number of aromatic nitrogens is 4. The van der Waals surface area contributed by atoms with E-state index in [9.17, 15) is 9.90 Å². The van der Waals surface area contributed by atoms with Crippen molar-refractivity contribution in [2.75, 3.05) is 27.3 Å². The van der Waals surface area contributed by atoms with Crippen LogP contribution in [0.1, 0.15) is 58.9 Å². The van der Waals surface area contributed by atoms with E-state index in [-0.39, 0.29) is 12.1 Å². The highest BCUT2D eigenvalue weighted by molar-refractivity contribution is 6.31. The lowest BCUT2D eigenvalue weighted by molar-refractivity contribution is -0.0733. The molecule has 8 nitrogen and oxygen atoms in total. The van der Waals surface area contributed by atoms with Crippen LogP contribution in [0, 0.1) is 0 Å². The highest BCUT2D eigenvalue weighted by Crippen LogP contribution is 2.46. The monoisotopic (exact) mass is 517 g/mol. The SMILES string of the molecule is CN(C)C1CC(c2c(Cl)cccc2C=O)n2c1nc1ccc(-c3cnc(C4(O)CCOCC4)nc3)cc12. The molecular formula is C28H28ClN5O3. The second-order valence-electron chi connectivity index (χ2n) is 10.1. The van der Waals surface area contributed by atoms with Crippen LogP contribution in [0.25, 0.3) is 22.2 Å². The molecule has 37 heavy (non-hydrogen) atoms. The first-order valence-corrected chi connectivity index (χ1v) is 12.8. The summed E-state index contributed by atoms with van der Waals surface area (Å²) in [6.07, 6.45) is 6.13. The van der Waals surface area contributed by atoms with Gasteiger partial charge in [0.15, 0.2) is 5.82 Å². The van der Waals surface area contributed by atoms with E-state index in [1.54, 1.807) is 18.5 Å². The Kier molecular flexibility index (Phi) is 6.07. The van der Waals surface area contributed by atoms with Crippen molar-refractivity contribution in [1.82, 2.24) is 24.4 Å². The Bertz CT molecular complexity index is 1480. The van der Waals surface area contributed by atoms with Crippen LogP contribution in [-0.2, 0) is 10.3 Å². The van der Waals surface area contributed by atoms with Gasteiger partial charge in [-0.3, -0.25) is 9.69 Å². The van der Waals surface area contributed by atoms with Gasteiger partial charge in [-0.2, -0.15) is 0 Å². The fraction of sp³-hybridized carbons (Fsp3) is 0.357. The fourth-order valence-corrected chi connectivity index (χ4v) is 5.93. The fourth-order valence-electron chi connectivity index (χ4n) is 5.62. The zero-order valence-electron chi connectivity index (χ0n) is 20.8. The molecule has 0 spiro atoms. The van der Waals surface area contributed by atoms with Crippen LogP contribution in [0.2, 0.25) is 5.02 Å². The molecule has 2 atom stereocenters. The third kappa shape index (κ3) is 4.05. The maximum atomic E-state index is 11.9. The van der Waals surface area contributed by atoms with E-state index < -0.39 is 5.60 Å². The van der Waals surface area contributed by atoms with Gasteiger partial charge >= 0.3 is 0 Å². The highest BCUT2D eigenvalue weighted by atomic mass is 35.5. The van der Waals surface area contributed by atoms with Crippen LogP contribution < -0.4 is 0 Å². The topological polar surface area (TPSA) is 93.4 Å². The van der Waals surface area contributed by atoms with Crippen LogP contribution in [0.5, 0.6) is 0 Å². The van der Waals surface area contributed by atoms with Crippen molar-refractivity contribution < 1.29 is 14.6 Å². The number of nitrogens with zero attached hydrogens (tertiary/aromatic N) is 5. The third-order valence-electron chi connectivity index (χ3n) is 7.66. The molecule has 0 amide bonds. The molecule has 2 aromatic carbocycles. The number of hydrogen-bond acceptors (Lipinski definition) is 7. The first kappa shape index (κ1) is 24.2. The smallest absolute Gasteiger partial charge is 0.160 e. The number of rotatable bonds is 5. The normalized spacial score (nSPS) is 20.9. The summed E-state index contributed by atoms with van der Waals surface area (Å²) >= 11 is 6.67. The molecule has 2 aliphatic heterocycles. The van der Waals surface area contributed by atoms with Crippen LogP contribution in [0.4, 0.5) is 0 Å². The van der Waals surface area contributed by atoms with Gasteiger partial charge in [-0.05, 0) is 44.3 Å². The standard InChI is InChI=1S/C28H28ClN5O3/c1-33(2)24-13-23(25-18(16-35)4-3-5-20(25)29)34-22-12-17(6-7-21(22)32-26(24)34)19-14-30-27(31-15-19)28(36)8-10-37-11-9-28/h3-7,12,14-16,23-24,36H,8-11,13H2,1-2H3. The molecule has 2 aliphatic rings. The third-order valence-corrected chi connectivity index (χ3v) is 7.99. The highest BCUT2D eigenvalue weighted by Gasteiger charge is 2.38. The zero-order chi connectivity index (χ0) is 25.7. The predicted molar refractivity (Wildman–Crippen MR) is 141 cm³/mol. The zero-order valence-corrected chi connectivity index (χ0v) is 21.5. The van der Waals surface area contributed by atoms with Crippen molar-refractivity contribution in [2.45, 2.75) is 36.9 Å². The largest absolute Gasteiger partial charge is 0.382 e. The van der Waals surface area contributed by atoms with E-state index >= 15 is 0 Å². The molecule has 1 fully saturated rings. The van der Waals surface area contributed by atoms with Gasteiger partial charge in [0.25, 0.3) is 0 Å². The minimum Gasteiger partial charge on any atom is -0.382 e. The summed E-state index contributed by atoms with van der Waals surface area (Å²) in [5.41, 5.74) is 4.01. The molecule has 0 aliphatic carbocycles. The Morgan fingerprint density at radius 3 is 2.59 bits per heavy atom. The van der Waals surface area contributed by atoms with Crippen LogP contribution in [0.15, 0.2) is 48.8 Å². The van der Waals surface area contributed by atoms with Gasteiger partial charge in [0.2, 0.25) is 0 Å². The Morgan fingerprint density at radius 2 is 1.89 bits per heavy atom. The summed E-state index contributed by atoms with van der Waals surface area (Å²) < 4.78 is 7.60. The average Bonchev–Trinajstić information content (AvgIpc) is 3.46. The van der Waals surface area contributed by atoms with Crippen molar-refractivity contribution in [3.8, 4) is 11.1 Å². The Morgan fingerprint density at radius 1 is 1.14 bits per heavy atom. The second-order valence-corrected chi connectivity index (χ2v) is 10.5. The summed E-state index contributed by atoms with van der Waals surface area (Å²) in [6, 6.07) is 11.5. The number of ether oxygens (including phenoxy) is 1. The molecular weight excluding hydrogens is 490 g/mol. The first-order chi connectivity index (χ1) is 17.9. The molecule has 4 aromatic rings. The number of carbonyl (C=O) groups is 1. The van der Waals surface area contributed by atoms with Gasteiger partial charge in [0.05, 0.1) is 23.1 Å². The number of fused-ring (bicyclic) bond motifs is 3. The van der Waals surface area contributed by atoms with E-state index in [1.165, 1.54) is 0 Å². The number of aldehydes is 1. The van der Waals surface area contributed by atoms with E-state index in [2.05, 4.69) is 25.5 Å².